The van der Waals surface area contributed by atoms with Gasteiger partial charge in [-0.2, -0.15) is 9.34 Å². The molecule has 0 saturated heterocycles. The molecule has 0 spiro atoms. The zero-order chi connectivity index (χ0) is 6.81. The largest absolute Gasteiger partial charge is 0.528 e. The highest BCUT2D eigenvalue weighted by Gasteiger charge is 2.31. The van der Waals surface area contributed by atoms with E-state index in [1.54, 1.807) is 24.9 Å². The van der Waals surface area contributed by atoms with E-state index in [4.69, 9.17) is 0 Å². The highest BCUT2D eigenvalue weighted by atomic mass is 15.0. The average molecular weight is 132 g/mol. The summed E-state index contributed by atoms with van der Waals surface area (Å²) in [5.74, 6) is 1.18. The Morgan fingerprint density at radius 2 is 1.40 bits per heavy atom. The van der Waals surface area contributed by atoms with Crippen molar-refractivity contribution in [1.29, 1.82) is 0 Å². The van der Waals surface area contributed by atoms with Crippen LogP contribution >= 0.6 is 0 Å². The summed E-state index contributed by atoms with van der Waals surface area (Å²) in [7, 11) is 0. The number of aliphatic imine (C=N–C) groups is 2. The van der Waals surface area contributed by atoms with Gasteiger partial charge >= 0.3 is 11.7 Å². The van der Waals surface area contributed by atoms with Crippen molar-refractivity contribution in [2.45, 2.75) is 0 Å². The summed E-state index contributed by atoms with van der Waals surface area (Å²) in [6, 6.07) is 0. The molecule has 2 rings (SSSR count). The van der Waals surface area contributed by atoms with Gasteiger partial charge in [0, 0.05) is 0 Å². The first-order valence-corrected chi connectivity index (χ1v) is 2.84. The minimum absolute atomic E-state index is 0.588. The van der Waals surface area contributed by atoms with Crippen molar-refractivity contribution in [3.63, 3.8) is 0 Å². The van der Waals surface area contributed by atoms with Crippen LogP contribution in [0.15, 0.2) is 9.98 Å². The van der Waals surface area contributed by atoms with Crippen molar-refractivity contribution in [3.05, 3.63) is 0 Å². The summed E-state index contributed by atoms with van der Waals surface area (Å²) in [6.07, 6.45) is 6.47. The Bertz CT molecular complexity index is 310. The van der Waals surface area contributed by atoms with Crippen LogP contribution in [-0.4, -0.2) is 36.5 Å². The molecule has 4 heteroatoms. The van der Waals surface area contributed by atoms with Crippen molar-refractivity contribution in [3.8, 4) is 0 Å². The smallest absolute Gasteiger partial charge is 0.195 e. The summed E-state index contributed by atoms with van der Waals surface area (Å²) >= 11 is 0. The van der Waals surface area contributed by atoms with Crippen LogP contribution in [0.4, 0.5) is 0 Å². The van der Waals surface area contributed by atoms with Gasteiger partial charge in [-0.1, -0.05) is 0 Å². The molecule has 0 fully saturated rings. The first-order valence-electron chi connectivity index (χ1n) is 2.84. The fraction of sp³-hybridized carbons (Fsp3) is 0. The fourth-order valence-electron chi connectivity index (χ4n) is 0.713. The van der Waals surface area contributed by atoms with Crippen molar-refractivity contribution >= 4 is 36.5 Å². The fourth-order valence-corrected chi connectivity index (χ4v) is 0.713. The summed E-state index contributed by atoms with van der Waals surface area (Å²) < 4.78 is 7.85. The Labute approximate surface area is 56.8 Å². The summed E-state index contributed by atoms with van der Waals surface area (Å²) in [6.45, 7) is 0. The van der Waals surface area contributed by atoms with E-state index in [2.05, 4.69) is 19.3 Å². The van der Waals surface area contributed by atoms with E-state index in [1.165, 1.54) is 0 Å². The molecule has 0 aromatic carbocycles. The lowest BCUT2D eigenvalue weighted by atomic mass is 10.5. The normalized spacial score (nSPS) is 18.4. The van der Waals surface area contributed by atoms with Gasteiger partial charge in [-0.05, 0) is 9.98 Å². The lowest BCUT2D eigenvalue weighted by molar-refractivity contribution is 1.57. The standard InChI is InChI=1S/C6H4N4/c1-2-8-5(7-1)6-9-3-4-10-6/h1-4H/q+2. The van der Waals surface area contributed by atoms with Crippen LogP contribution in [0.2, 0.25) is 0 Å². The van der Waals surface area contributed by atoms with Crippen molar-refractivity contribution in [1.82, 2.24) is 9.34 Å². The second-order valence-corrected chi connectivity index (χ2v) is 1.76. The second kappa shape index (κ2) is 1.88. The third kappa shape index (κ3) is 0.650. The van der Waals surface area contributed by atoms with Crippen molar-refractivity contribution < 1.29 is 0 Å². The quantitative estimate of drug-likeness (QED) is 0.379. The maximum absolute atomic E-state index is 3.92. The molecule has 0 aromatic rings. The van der Waals surface area contributed by atoms with Gasteiger partial charge in [0.15, 0.2) is 12.4 Å². The van der Waals surface area contributed by atoms with Gasteiger partial charge < -0.3 is 0 Å². The molecule has 0 N–H and O–H groups in total. The molecular formula is C6H4N4+2. The predicted octanol–water partition coefficient (Wildman–Crippen LogP) is -1.77. The molecule has 0 bridgehead atoms. The summed E-state index contributed by atoms with van der Waals surface area (Å²) in [4.78, 5) is 7.85. The Morgan fingerprint density at radius 1 is 0.900 bits per heavy atom. The van der Waals surface area contributed by atoms with Crippen molar-refractivity contribution in [2.24, 2.45) is 9.98 Å². The third-order valence-corrected chi connectivity index (χ3v) is 1.12. The van der Waals surface area contributed by atoms with E-state index < -0.39 is 0 Å². The average Bonchev–Trinajstić information content (AvgIpc) is 2.59. The number of rotatable bonds is 1. The van der Waals surface area contributed by atoms with Crippen LogP contribution < -0.4 is 9.34 Å². The molecule has 0 saturated carbocycles. The Hall–Kier alpha value is -1.76. The highest BCUT2D eigenvalue weighted by molar-refractivity contribution is 6.49. The molecule has 2 aliphatic heterocycles. The Morgan fingerprint density at radius 3 is 1.70 bits per heavy atom. The minimum atomic E-state index is 0.588. The Kier molecular flexibility index (Phi) is 0.952. The van der Waals surface area contributed by atoms with Gasteiger partial charge in [-0.15, -0.1) is 0 Å². The Balaban J connectivity index is 2.46. The maximum Gasteiger partial charge on any atom is 0.528 e. The lowest BCUT2D eigenvalue weighted by Gasteiger charge is -1.60. The van der Waals surface area contributed by atoms with Gasteiger partial charge in [0.1, 0.15) is 0 Å². The molecule has 0 amide bonds. The topological polar surface area (TPSA) is 52.9 Å². The molecule has 2 aliphatic rings. The SMILES string of the molecule is C1=NC(C2=[N+]=CC=N2)=[N+]=C1. The summed E-state index contributed by atoms with van der Waals surface area (Å²) in [5, 5.41) is 0. The van der Waals surface area contributed by atoms with Gasteiger partial charge in [-0.25, -0.2) is 0 Å². The van der Waals surface area contributed by atoms with E-state index in [-0.39, 0.29) is 0 Å². The predicted molar refractivity (Wildman–Crippen MR) is 43.4 cm³/mol. The first-order chi connectivity index (χ1) is 4.97. The zero-order valence-electron chi connectivity index (χ0n) is 5.10. The number of hydrogen-bond donors (Lipinski definition) is 0. The van der Waals surface area contributed by atoms with E-state index in [0.29, 0.717) is 11.7 Å². The van der Waals surface area contributed by atoms with Crippen LogP contribution in [0, 0.1) is 0 Å². The minimum Gasteiger partial charge on any atom is -0.195 e. The molecule has 0 atom stereocenters. The molecule has 0 unspecified atom stereocenters. The monoisotopic (exact) mass is 132 g/mol. The van der Waals surface area contributed by atoms with Gasteiger partial charge in [-0.3, -0.25) is 0 Å². The van der Waals surface area contributed by atoms with E-state index in [9.17, 15) is 0 Å². The molecule has 0 aliphatic carbocycles. The lowest BCUT2D eigenvalue weighted by Crippen LogP contribution is -2.10. The van der Waals surface area contributed by atoms with Gasteiger partial charge in [0.2, 0.25) is 12.4 Å². The summed E-state index contributed by atoms with van der Waals surface area (Å²) in [5.41, 5.74) is 0. The van der Waals surface area contributed by atoms with Crippen molar-refractivity contribution in [2.75, 3.05) is 0 Å². The van der Waals surface area contributed by atoms with E-state index >= 15 is 0 Å². The molecular weight excluding hydrogens is 128 g/mol. The number of hydrogen-bond acceptors (Lipinski definition) is 2. The third-order valence-electron chi connectivity index (χ3n) is 1.12. The van der Waals surface area contributed by atoms with Crippen LogP contribution in [0.25, 0.3) is 0 Å². The molecule has 46 valence electrons. The number of amidine groups is 2. The molecule has 0 radical (unpaired) electrons. The second-order valence-electron chi connectivity index (χ2n) is 1.76. The van der Waals surface area contributed by atoms with Crippen LogP contribution in [0.1, 0.15) is 0 Å². The molecule has 0 aromatic heterocycles. The van der Waals surface area contributed by atoms with Crippen LogP contribution in [0.3, 0.4) is 0 Å². The number of nitrogens with zero attached hydrogens (tertiary/aromatic N) is 4. The first kappa shape index (κ1) is 5.06. The molecule has 2 heterocycles. The van der Waals surface area contributed by atoms with E-state index in [0.717, 1.165) is 0 Å². The van der Waals surface area contributed by atoms with Gasteiger partial charge in [0.05, 0.1) is 0 Å². The molecule has 10 heavy (non-hydrogen) atoms. The highest BCUT2D eigenvalue weighted by Crippen LogP contribution is 1.82. The zero-order valence-corrected chi connectivity index (χ0v) is 5.10. The van der Waals surface area contributed by atoms with E-state index in [1.807, 2.05) is 0 Å². The maximum atomic E-state index is 3.92. The van der Waals surface area contributed by atoms with Gasteiger partial charge in [0.25, 0.3) is 0 Å². The van der Waals surface area contributed by atoms with Crippen LogP contribution in [0.5, 0.6) is 0 Å². The van der Waals surface area contributed by atoms with Crippen LogP contribution in [-0.2, 0) is 0 Å². The molecule has 4 nitrogen and oxygen atoms in total.